The third-order valence-electron chi connectivity index (χ3n) is 3.87. The lowest BCUT2D eigenvalue weighted by Crippen LogP contribution is -2.24. The molecule has 0 saturated carbocycles. The zero-order valence-corrected chi connectivity index (χ0v) is 13.1. The smallest absolute Gasteiger partial charge is 0.220 e. The second-order valence-corrected chi connectivity index (χ2v) is 5.64. The van der Waals surface area contributed by atoms with Gasteiger partial charge in [0.05, 0.1) is 0 Å². The van der Waals surface area contributed by atoms with Crippen LogP contribution in [0, 0.1) is 0 Å². The van der Waals surface area contributed by atoms with E-state index in [1.54, 1.807) is 12.4 Å². The van der Waals surface area contributed by atoms with Crippen LogP contribution >= 0.6 is 0 Å². The van der Waals surface area contributed by atoms with Gasteiger partial charge in [-0.1, -0.05) is 13.0 Å². The second-order valence-electron chi connectivity index (χ2n) is 5.64. The van der Waals surface area contributed by atoms with Crippen molar-refractivity contribution in [2.75, 3.05) is 13.2 Å². The summed E-state index contributed by atoms with van der Waals surface area (Å²) in [4.78, 5) is 16.1. The largest absolute Gasteiger partial charge is 0.486 e. The number of ether oxygens (including phenoxy) is 2. The lowest BCUT2D eigenvalue weighted by atomic mass is 9.97. The normalized spacial score (nSPS) is 14.1. The summed E-state index contributed by atoms with van der Waals surface area (Å²) >= 11 is 0. The van der Waals surface area contributed by atoms with Gasteiger partial charge in [-0.3, -0.25) is 9.78 Å². The van der Waals surface area contributed by atoms with Gasteiger partial charge in [-0.25, -0.2) is 0 Å². The highest BCUT2D eigenvalue weighted by molar-refractivity contribution is 5.76. The molecule has 1 aromatic heterocycles. The average Bonchev–Trinajstić information content (AvgIpc) is 2.60. The van der Waals surface area contributed by atoms with Crippen LogP contribution in [-0.4, -0.2) is 24.1 Å². The number of fused-ring (bicyclic) bond motifs is 1. The number of rotatable bonds is 5. The molecular weight excluding hydrogens is 292 g/mol. The Morgan fingerprint density at radius 3 is 2.70 bits per heavy atom. The molecule has 0 radical (unpaired) electrons. The molecule has 0 bridgehead atoms. The number of nitrogens with zero attached hydrogens (tertiary/aromatic N) is 1. The lowest BCUT2D eigenvalue weighted by Gasteiger charge is -2.20. The Morgan fingerprint density at radius 1 is 1.17 bits per heavy atom. The third-order valence-corrected chi connectivity index (χ3v) is 3.87. The Bertz CT molecular complexity index is 673. The summed E-state index contributed by atoms with van der Waals surface area (Å²) in [5.74, 6) is 1.68. The van der Waals surface area contributed by atoms with E-state index in [2.05, 4.69) is 10.3 Å². The Hall–Kier alpha value is -2.56. The number of pyridine rings is 1. The first-order valence-corrected chi connectivity index (χ1v) is 7.77. The summed E-state index contributed by atoms with van der Waals surface area (Å²) in [5.41, 5.74) is 2.12. The van der Waals surface area contributed by atoms with E-state index in [9.17, 15) is 4.79 Å². The van der Waals surface area contributed by atoms with E-state index in [0.717, 1.165) is 22.6 Å². The van der Waals surface area contributed by atoms with E-state index < -0.39 is 0 Å². The van der Waals surface area contributed by atoms with Gasteiger partial charge >= 0.3 is 0 Å². The van der Waals surface area contributed by atoms with Crippen molar-refractivity contribution in [1.29, 1.82) is 0 Å². The maximum absolute atomic E-state index is 12.1. The summed E-state index contributed by atoms with van der Waals surface area (Å²) in [6.45, 7) is 3.71. The van der Waals surface area contributed by atoms with E-state index in [4.69, 9.17) is 9.47 Å². The number of amides is 1. The van der Waals surface area contributed by atoms with Crippen LogP contribution in [0.1, 0.15) is 30.4 Å². The number of hydrogen-bond donors (Lipinski definition) is 1. The molecule has 0 spiro atoms. The molecule has 1 aliphatic rings. The quantitative estimate of drug-likeness (QED) is 0.922. The molecule has 0 saturated heterocycles. The number of nitrogens with one attached hydrogen (secondary N) is 1. The van der Waals surface area contributed by atoms with Crippen molar-refractivity contribution < 1.29 is 14.3 Å². The second kappa shape index (κ2) is 7.13. The first-order valence-electron chi connectivity index (χ1n) is 7.77. The molecule has 120 valence electrons. The van der Waals surface area contributed by atoms with Gasteiger partial charge in [0.1, 0.15) is 13.2 Å². The summed E-state index contributed by atoms with van der Waals surface area (Å²) in [5, 5.41) is 2.94. The minimum absolute atomic E-state index is 0.0317. The predicted octanol–water partition coefficient (Wildman–Crippen LogP) is 2.66. The highest BCUT2D eigenvalue weighted by atomic mass is 16.6. The first kappa shape index (κ1) is 15.3. The molecule has 1 atom stereocenters. The van der Waals surface area contributed by atoms with Gasteiger partial charge < -0.3 is 14.8 Å². The predicted molar refractivity (Wildman–Crippen MR) is 86.5 cm³/mol. The van der Waals surface area contributed by atoms with E-state index in [0.29, 0.717) is 26.2 Å². The molecule has 5 nitrogen and oxygen atoms in total. The van der Waals surface area contributed by atoms with Crippen molar-refractivity contribution in [3.8, 4) is 11.5 Å². The summed E-state index contributed by atoms with van der Waals surface area (Å²) in [6, 6.07) is 9.66. The van der Waals surface area contributed by atoms with Crippen LogP contribution in [0.5, 0.6) is 11.5 Å². The lowest BCUT2D eigenvalue weighted by molar-refractivity contribution is -0.121. The Balaban J connectivity index is 1.56. The van der Waals surface area contributed by atoms with Crippen LogP contribution in [0.3, 0.4) is 0 Å². The van der Waals surface area contributed by atoms with Gasteiger partial charge in [0.15, 0.2) is 11.5 Å². The van der Waals surface area contributed by atoms with E-state index in [1.807, 2.05) is 37.3 Å². The molecule has 1 N–H and O–H groups in total. The van der Waals surface area contributed by atoms with Crippen molar-refractivity contribution in [2.45, 2.75) is 25.8 Å². The summed E-state index contributed by atoms with van der Waals surface area (Å²) in [7, 11) is 0. The molecule has 1 aromatic carbocycles. The Kier molecular flexibility index (Phi) is 4.76. The number of aromatic nitrogens is 1. The highest BCUT2D eigenvalue weighted by Crippen LogP contribution is 2.33. The monoisotopic (exact) mass is 312 g/mol. The maximum Gasteiger partial charge on any atom is 0.220 e. The third kappa shape index (κ3) is 4.00. The molecule has 2 heterocycles. The average molecular weight is 312 g/mol. The SMILES string of the molecule is CC(CC(=O)NCc1ccncc1)c1ccc2c(c1)OCCO2. The standard InChI is InChI=1S/C18H20N2O3/c1-13(10-18(21)20-12-14-4-6-19-7-5-14)15-2-3-16-17(11-15)23-9-8-22-16/h2-7,11,13H,8-10,12H2,1H3,(H,20,21). The molecule has 5 heteroatoms. The molecule has 23 heavy (non-hydrogen) atoms. The fourth-order valence-corrected chi connectivity index (χ4v) is 2.54. The zero-order chi connectivity index (χ0) is 16.1. The van der Waals surface area contributed by atoms with Crippen LogP contribution < -0.4 is 14.8 Å². The maximum atomic E-state index is 12.1. The molecule has 0 aliphatic carbocycles. The van der Waals surface area contributed by atoms with Crippen LogP contribution in [0.2, 0.25) is 0 Å². The fraction of sp³-hybridized carbons (Fsp3) is 0.333. The molecule has 0 fully saturated rings. The Labute approximate surface area is 135 Å². The zero-order valence-electron chi connectivity index (χ0n) is 13.1. The van der Waals surface area contributed by atoms with E-state index in [-0.39, 0.29) is 11.8 Å². The number of hydrogen-bond acceptors (Lipinski definition) is 4. The minimum atomic E-state index is 0.0317. The topological polar surface area (TPSA) is 60.5 Å². The number of carbonyl (C=O) groups excluding carboxylic acids is 1. The van der Waals surface area contributed by atoms with Crippen LogP contribution in [-0.2, 0) is 11.3 Å². The van der Waals surface area contributed by atoms with Gasteiger partial charge in [0, 0.05) is 25.4 Å². The van der Waals surface area contributed by atoms with E-state index in [1.165, 1.54) is 0 Å². The number of benzene rings is 1. The van der Waals surface area contributed by atoms with E-state index >= 15 is 0 Å². The molecule has 3 rings (SSSR count). The van der Waals surface area contributed by atoms with Gasteiger partial charge in [-0.2, -0.15) is 0 Å². The van der Waals surface area contributed by atoms with Crippen molar-refractivity contribution in [3.05, 3.63) is 53.9 Å². The number of carbonyl (C=O) groups is 1. The van der Waals surface area contributed by atoms with Crippen LogP contribution in [0.25, 0.3) is 0 Å². The van der Waals surface area contributed by atoms with Crippen molar-refractivity contribution in [3.63, 3.8) is 0 Å². The first-order chi connectivity index (χ1) is 11.2. The Morgan fingerprint density at radius 2 is 1.91 bits per heavy atom. The molecule has 1 amide bonds. The van der Waals surface area contributed by atoms with Crippen molar-refractivity contribution in [1.82, 2.24) is 10.3 Å². The van der Waals surface area contributed by atoms with Crippen LogP contribution in [0.4, 0.5) is 0 Å². The van der Waals surface area contributed by atoms with Gasteiger partial charge in [0.25, 0.3) is 0 Å². The summed E-state index contributed by atoms with van der Waals surface area (Å²) < 4.78 is 11.1. The summed E-state index contributed by atoms with van der Waals surface area (Å²) in [6.07, 6.45) is 3.88. The highest BCUT2D eigenvalue weighted by Gasteiger charge is 2.16. The molecule has 1 aliphatic heterocycles. The van der Waals surface area contributed by atoms with Crippen molar-refractivity contribution >= 4 is 5.91 Å². The minimum Gasteiger partial charge on any atom is -0.486 e. The molecule has 2 aromatic rings. The van der Waals surface area contributed by atoms with Gasteiger partial charge in [-0.05, 0) is 41.3 Å². The van der Waals surface area contributed by atoms with Gasteiger partial charge in [0.2, 0.25) is 5.91 Å². The molecule has 1 unspecified atom stereocenters. The van der Waals surface area contributed by atoms with Crippen molar-refractivity contribution in [2.24, 2.45) is 0 Å². The molecular formula is C18H20N2O3. The fourth-order valence-electron chi connectivity index (χ4n) is 2.54. The van der Waals surface area contributed by atoms with Crippen LogP contribution in [0.15, 0.2) is 42.7 Å². The van der Waals surface area contributed by atoms with Gasteiger partial charge in [-0.15, -0.1) is 0 Å².